The molecular weight excluding hydrogens is 1280 g/mol. The van der Waals surface area contributed by atoms with Gasteiger partial charge in [-0.2, -0.15) is 11.8 Å². The Morgan fingerprint density at radius 3 is 1.75 bits per heavy atom. The molecule has 4 aliphatic rings. The fourth-order valence-electron chi connectivity index (χ4n) is 14.0. The van der Waals surface area contributed by atoms with Crippen molar-refractivity contribution in [2.75, 3.05) is 57.8 Å². The second kappa shape index (κ2) is 35.3. The van der Waals surface area contributed by atoms with Gasteiger partial charge >= 0.3 is 29.8 Å². The van der Waals surface area contributed by atoms with Gasteiger partial charge in [-0.3, -0.25) is 52.6 Å². The largest absolute Gasteiger partial charge is 0.481 e. The average Bonchev–Trinajstić information content (AvgIpc) is 0.844. The molecule has 23 nitrogen and oxygen atoms in total. The zero-order chi connectivity index (χ0) is 70.0. The monoisotopic (exact) mass is 1370 g/mol. The van der Waals surface area contributed by atoms with Crippen LogP contribution in [-0.2, 0) is 90.0 Å². The predicted molar refractivity (Wildman–Crippen MR) is 373 cm³/mol. The Bertz CT molecular complexity index is 3890. The molecule has 2 aromatic heterocycles. The minimum atomic E-state index is -0.897. The molecule has 0 saturated carbocycles. The first-order chi connectivity index (χ1) is 48.0. The number of ether oxygens (including phenoxy) is 4. The summed E-state index contributed by atoms with van der Waals surface area (Å²) in [7, 11) is 2.14. The maximum atomic E-state index is 13.9. The van der Waals surface area contributed by atoms with Crippen molar-refractivity contribution >= 4 is 59.3 Å². The number of nitrogens with zero attached hydrogens (tertiary/aromatic N) is 9. The van der Waals surface area contributed by atoms with E-state index in [1.807, 2.05) is 32.0 Å². The Kier molecular flexibility index (Phi) is 26.0. The Morgan fingerprint density at radius 1 is 0.586 bits per heavy atom. The van der Waals surface area contributed by atoms with Crippen molar-refractivity contribution in [3.8, 4) is 45.3 Å². The molecule has 0 fully saturated rings. The smallest absolute Gasteiger partial charge is 0.311 e. The van der Waals surface area contributed by atoms with E-state index in [-0.39, 0.29) is 130 Å². The third-order valence-corrected chi connectivity index (χ3v) is 20.2. The summed E-state index contributed by atoms with van der Waals surface area (Å²) in [5, 5.41) is 29.3. The minimum absolute atomic E-state index is 0.00173. The number of carbonyl (C=O) groups excluding carboxylic acids is 7. The van der Waals surface area contributed by atoms with E-state index < -0.39 is 23.9 Å². The van der Waals surface area contributed by atoms with Crippen LogP contribution in [0, 0.1) is 5.92 Å². The predicted octanol–water partition coefficient (Wildman–Crippen LogP) is 10.4. The van der Waals surface area contributed by atoms with E-state index in [9.17, 15) is 43.5 Å². The molecule has 0 radical (unpaired) electrons. The van der Waals surface area contributed by atoms with Crippen LogP contribution < -0.4 is 24.3 Å². The van der Waals surface area contributed by atoms with Crippen molar-refractivity contribution in [3.63, 3.8) is 0 Å². The number of fused-ring (bicyclic) bond motifs is 4. The van der Waals surface area contributed by atoms with Gasteiger partial charge in [0, 0.05) is 138 Å². The number of aliphatic carboxylic acids is 1. The van der Waals surface area contributed by atoms with E-state index in [1.165, 1.54) is 34.0 Å². The zero-order valence-corrected chi connectivity index (χ0v) is 58.7. The van der Waals surface area contributed by atoms with Gasteiger partial charge in [-0.15, -0.1) is 10.2 Å². The van der Waals surface area contributed by atoms with Gasteiger partial charge in [-0.1, -0.05) is 86.7 Å². The van der Waals surface area contributed by atoms with Crippen LogP contribution in [0.15, 0.2) is 73.1 Å². The molecule has 99 heavy (non-hydrogen) atoms. The summed E-state index contributed by atoms with van der Waals surface area (Å²) in [6.07, 6.45) is 13.4. The third kappa shape index (κ3) is 19.2. The second-order valence-corrected chi connectivity index (χ2v) is 27.6. The number of thioether (sulfide) groups is 1. The lowest BCUT2D eigenvalue weighted by atomic mass is 9.67. The number of aromatic nitrogens is 6. The van der Waals surface area contributed by atoms with Gasteiger partial charge in [0.2, 0.25) is 17.7 Å². The summed E-state index contributed by atoms with van der Waals surface area (Å²) in [5.41, 5.74) is 12.2. The number of amides is 3. The van der Waals surface area contributed by atoms with Gasteiger partial charge in [-0.05, 0) is 159 Å². The number of carboxylic acids is 1. The molecule has 0 saturated heterocycles. The number of esters is 4. The highest BCUT2D eigenvalue weighted by Gasteiger charge is 2.38. The Labute approximate surface area is 583 Å². The molecule has 0 bridgehead atoms. The Morgan fingerprint density at radius 2 is 1.14 bits per heavy atom. The number of carboxylic acid groups (broad SMARTS) is 1. The number of hydrogen-bond acceptors (Lipinski definition) is 18. The second-order valence-electron chi connectivity index (χ2n) is 26.4. The lowest BCUT2D eigenvalue weighted by Crippen LogP contribution is -2.44. The van der Waals surface area contributed by atoms with Gasteiger partial charge in [0.15, 0.2) is 23.0 Å². The van der Waals surface area contributed by atoms with Gasteiger partial charge in [0.1, 0.15) is 0 Å². The fraction of sp³-hybridized carbons (Fsp3) is 0.520. The summed E-state index contributed by atoms with van der Waals surface area (Å²) in [6, 6.07) is 20.2. The number of carbonyl (C=O) groups is 8. The Balaban J connectivity index is 0.647. The van der Waals surface area contributed by atoms with E-state index in [0.29, 0.717) is 106 Å². The molecule has 24 heteroatoms. The molecule has 3 amide bonds. The third-order valence-electron chi connectivity index (χ3n) is 19.2. The average molecular weight is 1380 g/mol. The molecule has 528 valence electrons. The number of hydrogen-bond donors (Lipinski definition) is 2. The molecule has 1 unspecified atom stereocenters. The normalized spacial score (nSPS) is 15.5. The number of aryl methyl sites for hydroxylation is 5. The SMILES string of the molecule is CCCC(=O)Oc1ccc2c(c1OC(=O)CCCn1cc(CCCC(=O)N(CCSCCC(=O)O)CCN(CCNC(=O)CCCc3cn(CCCC(=O)Oc4ccc5c(c4OC(=O)CCC)-c4cccc6c4[C@@H](C5)N(C)CC6)nn3)C(=O)CC)nn1)-c1cccc3c1[C@@H](C2)C(C)CC3. The van der Waals surface area contributed by atoms with Gasteiger partial charge in [-0.25, -0.2) is 0 Å². The molecule has 4 aromatic carbocycles. The summed E-state index contributed by atoms with van der Waals surface area (Å²) in [6.45, 7) is 10.9. The summed E-state index contributed by atoms with van der Waals surface area (Å²) < 4.78 is 27.3. The standard InChI is InChI=1S/C75H94N10O13S/c1-6-15-66(91)95-60-31-29-52-45-58-49(4)27-28-50-17-9-21-56(70(50)58)72(52)74(60)98-69(94)26-14-37-85-48-55(78-80-85)20-12-24-64(88)83(42-44-99-43-34-65(89)90)41-40-82(63(87)8-3)39-35-76-62(86)23-11-19-54-47-84(79-77-54)36-13-25-68(93)96-61-32-30-53-46-59-71-51(33-38-81(59)5)18-10-22-57(71)73(53)75(61)97-67(92)16-7-2/h9-10,17-18,21-22,29-32,47-49,58-59H,6-8,11-16,19-20,23-28,33-46H2,1-5H3,(H,76,86)(H,89,90)/t49?,58-,59+/m0/s1. The van der Waals surface area contributed by atoms with Crippen LogP contribution in [0.3, 0.4) is 0 Å². The lowest BCUT2D eigenvalue weighted by Gasteiger charge is -2.40. The Hall–Kier alpha value is -8.77. The number of benzene rings is 4. The van der Waals surface area contributed by atoms with Crippen LogP contribution in [0.5, 0.6) is 23.0 Å². The first-order valence-electron chi connectivity index (χ1n) is 35.5. The van der Waals surface area contributed by atoms with Gasteiger partial charge < -0.3 is 39.2 Å². The maximum absolute atomic E-state index is 13.9. The van der Waals surface area contributed by atoms with Crippen molar-refractivity contribution < 1.29 is 62.4 Å². The number of rotatable bonds is 37. The van der Waals surface area contributed by atoms with Crippen LogP contribution in [-0.4, -0.2) is 155 Å². The number of likely N-dealkylation sites (N-methyl/N-ethyl adjacent to an activating group) is 1. The molecule has 3 atom stereocenters. The van der Waals surface area contributed by atoms with Crippen LogP contribution >= 0.6 is 11.8 Å². The first kappa shape index (κ1) is 73.0. The topological polar surface area (TPSA) is 277 Å². The summed E-state index contributed by atoms with van der Waals surface area (Å²) >= 11 is 1.44. The summed E-state index contributed by atoms with van der Waals surface area (Å²) in [4.78, 5) is 110. The van der Waals surface area contributed by atoms with Crippen LogP contribution in [0.1, 0.15) is 181 Å². The zero-order valence-electron chi connectivity index (χ0n) is 57.9. The molecule has 3 aliphatic carbocycles. The summed E-state index contributed by atoms with van der Waals surface area (Å²) in [5.74, 6) is -0.255. The molecule has 1 aliphatic heterocycles. The van der Waals surface area contributed by atoms with Crippen molar-refractivity contribution in [1.82, 2.24) is 50.0 Å². The lowest BCUT2D eigenvalue weighted by molar-refractivity contribution is -0.137. The highest BCUT2D eigenvalue weighted by Crippen LogP contribution is 2.54. The van der Waals surface area contributed by atoms with E-state index in [2.05, 4.69) is 75.1 Å². The molecule has 10 rings (SSSR count). The van der Waals surface area contributed by atoms with Crippen molar-refractivity contribution in [3.05, 3.63) is 118 Å². The van der Waals surface area contributed by atoms with Crippen LogP contribution in [0.4, 0.5) is 0 Å². The van der Waals surface area contributed by atoms with Gasteiger partial charge in [0.25, 0.3) is 0 Å². The molecular formula is C75H94N10O13S. The van der Waals surface area contributed by atoms with E-state index in [4.69, 9.17) is 18.9 Å². The van der Waals surface area contributed by atoms with Crippen LogP contribution in [0.25, 0.3) is 22.3 Å². The van der Waals surface area contributed by atoms with Crippen molar-refractivity contribution in [2.24, 2.45) is 5.92 Å². The molecule has 3 heterocycles. The highest BCUT2D eigenvalue weighted by atomic mass is 32.2. The fourth-order valence-corrected chi connectivity index (χ4v) is 14.9. The van der Waals surface area contributed by atoms with E-state index in [0.717, 1.165) is 72.0 Å². The maximum Gasteiger partial charge on any atom is 0.311 e. The first-order valence-corrected chi connectivity index (χ1v) is 36.6. The van der Waals surface area contributed by atoms with Gasteiger partial charge in [0.05, 0.1) is 17.8 Å². The van der Waals surface area contributed by atoms with Crippen molar-refractivity contribution in [2.45, 2.75) is 188 Å². The quantitative estimate of drug-likeness (QED) is 0.0208. The molecule has 0 spiro atoms. The number of nitrogens with one attached hydrogen (secondary N) is 1. The molecule has 2 N–H and O–H groups in total. The molecule has 6 aromatic rings. The highest BCUT2D eigenvalue weighted by molar-refractivity contribution is 7.99. The van der Waals surface area contributed by atoms with E-state index >= 15 is 0 Å². The van der Waals surface area contributed by atoms with Crippen LogP contribution in [0.2, 0.25) is 0 Å². The van der Waals surface area contributed by atoms with Crippen molar-refractivity contribution in [1.29, 1.82) is 0 Å². The van der Waals surface area contributed by atoms with E-state index in [1.54, 1.807) is 50.6 Å². The minimum Gasteiger partial charge on any atom is -0.481 e.